The molecule has 2 heteroatoms. The molecule has 96 valence electrons. The second kappa shape index (κ2) is 4.09. The lowest BCUT2D eigenvalue weighted by molar-refractivity contribution is 0.706. The fourth-order valence-corrected chi connectivity index (χ4v) is 3.53. The Morgan fingerprint density at radius 1 is 1.00 bits per heavy atom. The number of para-hydroxylation sites is 1. The zero-order valence-electron chi connectivity index (χ0n) is 11.3. The van der Waals surface area contributed by atoms with E-state index in [-0.39, 0.29) is 0 Å². The minimum atomic E-state index is 0.671. The molecule has 0 spiro atoms. The molecular weight excluding hydrogens is 232 g/mol. The van der Waals surface area contributed by atoms with Crippen LogP contribution in [0, 0.1) is 6.92 Å². The number of hydrogen-bond acceptors (Lipinski definition) is 1. The zero-order chi connectivity index (χ0) is 12.8. The molecule has 0 radical (unpaired) electrons. The van der Waals surface area contributed by atoms with E-state index in [1.807, 2.05) is 0 Å². The van der Waals surface area contributed by atoms with Crippen molar-refractivity contribution in [2.45, 2.75) is 38.5 Å². The van der Waals surface area contributed by atoms with Gasteiger partial charge in [0.05, 0.1) is 16.7 Å². The fraction of sp³-hybridized carbons (Fsp3) is 0.353. The van der Waals surface area contributed by atoms with Gasteiger partial charge in [-0.1, -0.05) is 37.1 Å². The molecule has 1 saturated carbocycles. The normalized spacial score (nSPS) is 16.7. The minimum absolute atomic E-state index is 0.671. The highest BCUT2D eigenvalue weighted by molar-refractivity contribution is 5.83. The Morgan fingerprint density at radius 3 is 2.63 bits per heavy atom. The first-order valence-corrected chi connectivity index (χ1v) is 7.21. The predicted molar refractivity (Wildman–Crippen MR) is 78.6 cm³/mol. The van der Waals surface area contributed by atoms with Crippen molar-refractivity contribution in [2.24, 2.45) is 0 Å². The molecule has 0 unspecified atom stereocenters. The van der Waals surface area contributed by atoms with Gasteiger partial charge in [0.25, 0.3) is 0 Å². The van der Waals surface area contributed by atoms with E-state index < -0.39 is 0 Å². The van der Waals surface area contributed by atoms with Crippen molar-refractivity contribution in [1.82, 2.24) is 9.38 Å². The van der Waals surface area contributed by atoms with Crippen LogP contribution < -0.4 is 0 Å². The van der Waals surface area contributed by atoms with E-state index in [0.717, 1.165) is 5.82 Å². The molecule has 19 heavy (non-hydrogen) atoms. The van der Waals surface area contributed by atoms with Gasteiger partial charge < -0.3 is 0 Å². The molecule has 2 nitrogen and oxygen atoms in total. The number of pyridine rings is 1. The van der Waals surface area contributed by atoms with E-state index in [2.05, 4.69) is 47.7 Å². The highest BCUT2D eigenvalue weighted by Crippen LogP contribution is 2.36. The van der Waals surface area contributed by atoms with Crippen LogP contribution in [0.3, 0.4) is 0 Å². The quantitative estimate of drug-likeness (QED) is 0.623. The summed E-state index contributed by atoms with van der Waals surface area (Å²) >= 11 is 0. The molecule has 0 amide bonds. The average molecular weight is 250 g/mol. The molecule has 0 atom stereocenters. The minimum Gasteiger partial charge on any atom is -0.296 e. The van der Waals surface area contributed by atoms with E-state index in [1.54, 1.807) is 0 Å². The first-order chi connectivity index (χ1) is 9.34. The van der Waals surface area contributed by atoms with Crippen LogP contribution in [0.25, 0.3) is 16.4 Å². The largest absolute Gasteiger partial charge is 0.296 e. The Balaban J connectivity index is 2.05. The monoisotopic (exact) mass is 250 g/mol. The van der Waals surface area contributed by atoms with Gasteiger partial charge in [-0.05, 0) is 37.3 Å². The molecule has 4 rings (SSSR count). The lowest BCUT2D eigenvalue weighted by atomic mass is 10.0. The Hall–Kier alpha value is -1.83. The highest BCUT2D eigenvalue weighted by Gasteiger charge is 2.22. The van der Waals surface area contributed by atoms with Crippen molar-refractivity contribution in [2.75, 3.05) is 0 Å². The zero-order valence-corrected chi connectivity index (χ0v) is 11.3. The van der Waals surface area contributed by atoms with Crippen molar-refractivity contribution in [3.8, 4) is 0 Å². The van der Waals surface area contributed by atoms with Crippen molar-refractivity contribution in [3.05, 3.63) is 47.9 Å². The third kappa shape index (κ3) is 1.59. The van der Waals surface area contributed by atoms with E-state index in [9.17, 15) is 0 Å². The number of imidazole rings is 1. The van der Waals surface area contributed by atoms with Crippen molar-refractivity contribution >= 4 is 16.4 Å². The predicted octanol–water partition coefficient (Wildman–Crippen LogP) is 4.45. The number of nitrogens with zero attached hydrogens (tertiary/aromatic N) is 2. The van der Waals surface area contributed by atoms with E-state index in [4.69, 9.17) is 4.98 Å². The third-order valence-corrected chi connectivity index (χ3v) is 4.45. The van der Waals surface area contributed by atoms with Gasteiger partial charge in [0, 0.05) is 5.92 Å². The molecular formula is C17H18N2. The molecule has 0 N–H and O–H groups in total. The second-order valence-corrected chi connectivity index (χ2v) is 5.64. The van der Waals surface area contributed by atoms with Gasteiger partial charge in [-0.3, -0.25) is 4.40 Å². The van der Waals surface area contributed by atoms with Gasteiger partial charge in [-0.15, -0.1) is 0 Å². The number of benzene rings is 1. The molecule has 0 bridgehead atoms. The summed E-state index contributed by atoms with van der Waals surface area (Å²) in [5.74, 6) is 1.79. The van der Waals surface area contributed by atoms with E-state index >= 15 is 0 Å². The van der Waals surface area contributed by atoms with Crippen LogP contribution >= 0.6 is 0 Å². The molecule has 1 aromatic carbocycles. The lowest BCUT2D eigenvalue weighted by Gasteiger charge is -2.07. The van der Waals surface area contributed by atoms with Gasteiger partial charge in [-0.2, -0.15) is 0 Å². The second-order valence-electron chi connectivity index (χ2n) is 5.64. The summed E-state index contributed by atoms with van der Waals surface area (Å²) in [6.07, 6.45) is 5.32. The van der Waals surface area contributed by atoms with Gasteiger partial charge in [0.15, 0.2) is 0 Å². The topological polar surface area (TPSA) is 17.3 Å². The van der Waals surface area contributed by atoms with E-state index in [1.165, 1.54) is 47.8 Å². The smallest absolute Gasteiger partial charge is 0.110 e. The van der Waals surface area contributed by atoms with Crippen LogP contribution in [0.2, 0.25) is 0 Å². The molecule has 2 heterocycles. The number of rotatable bonds is 1. The summed E-state index contributed by atoms with van der Waals surface area (Å²) in [5, 5.41) is 1.29. The van der Waals surface area contributed by atoms with Crippen LogP contribution in [0.5, 0.6) is 0 Å². The maximum Gasteiger partial charge on any atom is 0.110 e. The third-order valence-electron chi connectivity index (χ3n) is 4.45. The van der Waals surface area contributed by atoms with Crippen molar-refractivity contribution in [1.29, 1.82) is 0 Å². The molecule has 3 aromatic rings. The number of hydrogen-bond donors (Lipinski definition) is 0. The maximum absolute atomic E-state index is 4.88. The van der Waals surface area contributed by atoms with Crippen LogP contribution in [-0.2, 0) is 0 Å². The Labute approximate surface area is 113 Å². The molecule has 0 saturated heterocycles. The van der Waals surface area contributed by atoms with Crippen molar-refractivity contribution < 1.29 is 0 Å². The number of fused-ring (bicyclic) bond motifs is 3. The summed E-state index contributed by atoms with van der Waals surface area (Å²) in [7, 11) is 0. The Kier molecular flexibility index (Phi) is 2.37. The van der Waals surface area contributed by atoms with Gasteiger partial charge in [0.2, 0.25) is 0 Å². The average Bonchev–Trinajstić information content (AvgIpc) is 3.06. The Morgan fingerprint density at radius 2 is 1.79 bits per heavy atom. The van der Waals surface area contributed by atoms with E-state index in [0.29, 0.717) is 5.92 Å². The Bertz CT molecular complexity index is 748. The summed E-state index contributed by atoms with van der Waals surface area (Å²) in [6, 6.07) is 13.0. The van der Waals surface area contributed by atoms with Crippen molar-refractivity contribution in [3.63, 3.8) is 0 Å². The SMILES string of the molecule is Cc1nc(C2CCCC2)c2ccc3ccccc3n12. The summed E-state index contributed by atoms with van der Waals surface area (Å²) < 4.78 is 2.32. The van der Waals surface area contributed by atoms with Gasteiger partial charge in [-0.25, -0.2) is 4.98 Å². The lowest BCUT2D eigenvalue weighted by Crippen LogP contribution is -1.94. The molecule has 1 aliphatic carbocycles. The van der Waals surface area contributed by atoms with Gasteiger partial charge in [0.1, 0.15) is 5.82 Å². The molecule has 1 fully saturated rings. The first kappa shape index (κ1) is 11.0. The summed E-state index contributed by atoms with van der Waals surface area (Å²) in [6.45, 7) is 2.12. The molecule has 0 aliphatic heterocycles. The highest BCUT2D eigenvalue weighted by atomic mass is 15.0. The van der Waals surface area contributed by atoms with Crippen LogP contribution in [-0.4, -0.2) is 9.38 Å². The number of aryl methyl sites for hydroxylation is 1. The number of aromatic nitrogens is 2. The van der Waals surface area contributed by atoms with Crippen LogP contribution in [0.1, 0.15) is 43.1 Å². The van der Waals surface area contributed by atoms with Gasteiger partial charge >= 0.3 is 0 Å². The summed E-state index contributed by atoms with van der Waals surface area (Å²) in [4.78, 5) is 4.88. The standard InChI is InChI=1S/C17H18N2/c1-12-18-17(14-7-2-3-8-14)16-11-10-13-6-4-5-9-15(13)19(12)16/h4-6,9-11,14H,2-3,7-8H2,1H3. The maximum atomic E-state index is 4.88. The molecule has 2 aromatic heterocycles. The summed E-state index contributed by atoms with van der Waals surface area (Å²) in [5.41, 5.74) is 3.90. The fourth-order valence-electron chi connectivity index (χ4n) is 3.53. The molecule has 1 aliphatic rings. The van der Waals surface area contributed by atoms with Crippen LogP contribution in [0.15, 0.2) is 36.4 Å². The first-order valence-electron chi connectivity index (χ1n) is 7.21. The van der Waals surface area contributed by atoms with Crippen LogP contribution in [0.4, 0.5) is 0 Å².